The molecule has 1 heterocycles. The van der Waals surface area contributed by atoms with Crippen LogP contribution in [0.5, 0.6) is 11.5 Å². The Morgan fingerprint density at radius 1 is 1.22 bits per heavy atom. The van der Waals surface area contributed by atoms with Crippen molar-refractivity contribution in [1.29, 1.82) is 5.26 Å². The van der Waals surface area contributed by atoms with E-state index in [9.17, 15) is 0 Å². The van der Waals surface area contributed by atoms with Gasteiger partial charge in [-0.1, -0.05) is 6.07 Å². The van der Waals surface area contributed by atoms with Crippen LogP contribution in [-0.2, 0) is 6.61 Å². The molecule has 0 fully saturated rings. The molecule has 18 heavy (non-hydrogen) atoms. The molecule has 90 valence electrons. The van der Waals surface area contributed by atoms with Crippen LogP contribution in [0.2, 0.25) is 0 Å². The lowest BCUT2D eigenvalue weighted by molar-refractivity contribution is 0.299. The van der Waals surface area contributed by atoms with E-state index in [0.717, 1.165) is 5.69 Å². The number of nitriles is 1. The summed E-state index contributed by atoms with van der Waals surface area (Å²) < 4.78 is 10.7. The molecule has 0 atom stereocenters. The molecule has 0 aliphatic rings. The second kappa shape index (κ2) is 5.69. The van der Waals surface area contributed by atoms with E-state index in [1.54, 1.807) is 31.5 Å². The minimum absolute atomic E-state index is 0.360. The van der Waals surface area contributed by atoms with Crippen molar-refractivity contribution in [3.8, 4) is 17.6 Å². The van der Waals surface area contributed by atoms with Gasteiger partial charge < -0.3 is 9.47 Å². The summed E-state index contributed by atoms with van der Waals surface area (Å²) in [6.07, 6.45) is 1.71. The van der Waals surface area contributed by atoms with E-state index in [-0.39, 0.29) is 0 Å². The predicted molar refractivity (Wildman–Crippen MR) is 66.3 cm³/mol. The zero-order valence-corrected chi connectivity index (χ0v) is 9.96. The molecule has 4 nitrogen and oxygen atoms in total. The molecule has 0 aliphatic heterocycles. The van der Waals surface area contributed by atoms with Crippen molar-refractivity contribution in [3.05, 3.63) is 53.9 Å². The van der Waals surface area contributed by atoms with E-state index in [0.29, 0.717) is 23.7 Å². The van der Waals surface area contributed by atoms with Crippen LogP contribution in [-0.4, -0.2) is 12.1 Å². The average Bonchev–Trinajstić information content (AvgIpc) is 2.45. The van der Waals surface area contributed by atoms with Gasteiger partial charge in [-0.15, -0.1) is 0 Å². The molecular weight excluding hydrogens is 228 g/mol. The Hall–Kier alpha value is -2.54. The molecule has 0 saturated carbocycles. The first-order chi connectivity index (χ1) is 8.81. The van der Waals surface area contributed by atoms with E-state index in [4.69, 9.17) is 14.7 Å². The SMILES string of the molecule is COc1cc(C#N)cc(OCc2ccccn2)c1. The number of hydrogen-bond acceptors (Lipinski definition) is 4. The number of hydrogen-bond donors (Lipinski definition) is 0. The van der Waals surface area contributed by atoms with Crippen LogP contribution >= 0.6 is 0 Å². The van der Waals surface area contributed by atoms with Crippen molar-refractivity contribution >= 4 is 0 Å². The average molecular weight is 240 g/mol. The topological polar surface area (TPSA) is 55.1 Å². The van der Waals surface area contributed by atoms with Gasteiger partial charge in [0.2, 0.25) is 0 Å². The van der Waals surface area contributed by atoms with Crippen LogP contribution in [0.25, 0.3) is 0 Å². The zero-order chi connectivity index (χ0) is 12.8. The second-order valence-electron chi connectivity index (χ2n) is 3.62. The molecule has 0 N–H and O–H groups in total. The summed E-state index contributed by atoms with van der Waals surface area (Å²) in [6, 6.07) is 12.8. The van der Waals surface area contributed by atoms with E-state index in [2.05, 4.69) is 11.1 Å². The van der Waals surface area contributed by atoms with Crippen molar-refractivity contribution < 1.29 is 9.47 Å². The van der Waals surface area contributed by atoms with Crippen LogP contribution in [0.4, 0.5) is 0 Å². The molecule has 4 heteroatoms. The van der Waals surface area contributed by atoms with Crippen LogP contribution in [0.15, 0.2) is 42.6 Å². The van der Waals surface area contributed by atoms with Gasteiger partial charge in [-0.2, -0.15) is 5.26 Å². The van der Waals surface area contributed by atoms with Crippen LogP contribution in [0, 0.1) is 11.3 Å². The minimum Gasteiger partial charge on any atom is -0.497 e. The molecular formula is C14H12N2O2. The molecule has 0 spiro atoms. The summed E-state index contributed by atoms with van der Waals surface area (Å²) in [7, 11) is 1.55. The maximum absolute atomic E-state index is 8.89. The Bertz CT molecular complexity index is 562. The first-order valence-electron chi connectivity index (χ1n) is 5.43. The summed E-state index contributed by atoms with van der Waals surface area (Å²) in [5, 5.41) is 8.89. The largest absolute Gasteiger partial charge is 0.497 e. The number of aromatic nitrogens is 1. The highest BCUT2D eigenvalue weighted by Gasteiger charge is 2.02. The van der Waals surface area contributed by atoms with E-state index >= 15 is 0 Å². The fourth-order valence-electron chi connectivity index (χ4n) is 1.48. The fraction of sp³-hybridized carbons (Fsp3) is 0.143. The fourth-order valence-corrected chi connectivity index (χ4v) is 1.48. The number of benzene rings is 1. The van der Waals surface area contributed by atoms with Gasteiger partial charge in [-0.05, 0) is 24.3 Å². The molecule has 0 radical (unpaired) electrons. The molecule has 0 unspecified atom stereocenters. The van der Waals surface area contributed by atoms with Gasteiger partial charge in [0.25, 0.3) is 0 Å². The number of ether oxygens (including phenoxy) is 2. The quantitative estimate of drug-likeness (QED) is 0.824. The summed E-state index contributed by atoms with van der Waals surface area (Å²) >= 11 is 0. The van der Waals surface area contributed by atoms with Gasteiger partial charge in [-0.3, -0.25) is 4.98 Å². The van der Waals surface area contributed by atoms with E-state index in [1.807, 2.05) is 18.2 Å². The van der Waals surface area contributed by atoms with Gasteiger partial charge >= 0.3 is 0 Å². The molecule has 0 bridgehead atoms. The Morgan fingerprint density at radius 2 is 2.06 bits per heavy atom. The second-order valence-corrected chi connectivity index (χ2v) is 3.62. The molecule has 1 aromatic heterocycles. The first-order valence-corrected chi connectivity index (χ1v) is 5.43. The molecule has 1 aromatic carbocycles. The summed E-state index contributed by atoms with van der Waals surface area (Å²) in [5.41, 5.74) is 1.34. The minimum atomic E-state index is 0.360. The van der Waals surface area contributed by atoms with Crippen LogP contribution in [0.1, 0.15) is 11.3 Å². The van der Waals surface area contributed by atoms with Crippen molar-refractivity contribution in [3.63, 3.8) is 0 Å². The van der Waals surface area contributed by atoms with Crippen LogP contribution in [0.3, 0.4) is 0 Å². The maximum Gasteiger partial charge on any atom is 0.130 e. The first kappa shape index (κ1) is 11.9. The third-order valence-corrected chi connectivity index (χ3v) is 2.36. The summed E-state index contributed by atoms with van der Waals surface area (Å²) in [5.74, 6) is 1.20. The zero-order valence-electron chi connectivity index (χ0n) is 9.96. The van der Waals surface area contributed by atoms with Crippen LogP contribution < -0.4 is 9.47 Å². The standard InChI is InChI=1S/C14H12N2O2/c1-17-13-6-11(9-15)7-14(8-13)18-10-12-4-2-3-5-16-12/h2-8H,10H2,1H3. The molecule has 0 saturated heterocycles. The van der Waals surface area contributed by atoms with E-state index < -0.39 is 0 Å². The third kappa shape index (κ3) is 2.98. The van der Waals surface area contributed by atoms with Gasteiger partial charge in [0.05, 0.1) is 24.4 Å². The summed E-state index contributed by atoms with van der Waals surface area (Å²) in [6.45, 7) is 0.360. The highest BCUT2D eigenvalue weighted by molar-refractivity contribution is 5.43. The number of methoxy groups -OCH3 is 1. The van der Waals surface area contributed by atoms with Gasteiger partial charge in [0.15, 0.2) is 0 Å². The predicted octanol–water partition coefficient (Wildman–Crippen LogP) is 2.54. The molecule has 0 aliphatic carbocycles. The smallest absolute Gasteiger partial charge is 0.130 e. The van der Waals surface area contributed by atoms with Crippen molar-refractivity contribution in [2.45, 2.75) is 6.61 Å². The Morgan fingerprint density at radius 3 is 2.72 bits per heavy atom. The van der Waals surface area contributed by atoms with Gasteiger partial charge in [-0.25, -0.2) is 0 Å². The van der Waals surface area contributed by atoms with Gasteiger partial charge in [0, 0.05) is 12.3 Å². The molecule has 2 aromatic rings. The normalized spacial score (nSPS) is 9.56. The Kier molecular flexibility index (Phi) is 3.77. The molecule has 2 rings (SSSR count). The number of nitrogens with zero attached hydrogens (tertiary/aromatic N) is 2. The number of rotatable bonds is 4. The van der Waals surface area contributed by atoms with Crippen molar-refractivity contribution in [1.82, 2.24) is 4.98 Å². The van der Waals surface area contributed by atoms with Crippen molar-refractivity contribution in [2.24, 2.45) is 0 Å². The third-order valence-electron chi connectivity index (χ3n) is 2.36. The molecule has 0 amide bonds. The lowest BCUT2D eigenvalue weighted by Crippen LogP contribution is -1.98. The van der Waals surface area contributed by atoms with Crippen molar-refractivity contribution in [2.75, 3.05) is 7.11 Å². The highest BCUT2D eigenvalue weighted by atomic mass is 16.5. The lowest BCUT2D eigenvalue weighted by atomic mass is 10.2. The maximum atomic E-state index is 8.89. The Balaban J connectivity index is 2.12. The Labute approximate surface area is 105 Å². The highest BCUT2D eigenvalue weighted by Crippen LogP contribution is 2.22. The number of pyridine rings is 1. The monoisotopic (exact) mass is 240 g/mol. The van der Waals surface area contributed by atoms with E-state index in [1.165, 1.54) is 0 Å². The lowest BCUT2D eigenvalue weighted by Gasteiger charge is -2.08. The summed E-state index contributed by atoms with van der Waals surface area (Å²) in [4.78, 5) is 4.16. The van der Waals surface area contributed by atoms with Gasteiger partial charge in [0.1, 0.15) is 18.1 Å².